The second-order valence-corrected chi connectivity index (χ2v) is 8.44. The van der Waals surface area contributed by atoms with Gasteiger partial charge in [-0.05, 0) is 50.7 Å². The normalized spacial score (nSPS) is 17.8. The van der Waals surface area contributed by atoms with Gasteiger partial charge in [-0.15, -0.1) is 0 Å². The summed E-state index contributed by atoms with van der Waals surface area (Å²) in [5, 5.41) is 3.33. The topological polar surface area (TPSA) is 62.3 Å². The van der Waals surface area contributed by atoms with Gasteiger partial charge in [0.05, 0.1) is 0 Å². The van der Waals surface area contributed by atoms with E-state index in [0.29, 0.717) is 25.0 Å². The number of rotatable bonds is 7. The summed E-state index contributed by atoms with van der Waals surface area (Å²) in [6.07, 6.45) is 5.59. The number of hydrogen-bond donors (Lipinski definition) is 1. The third kappa shape index (κ3) is 4.43. The molecule has 1 saturated heterocycles. The Morgan fingerprint density at radius 1 is 1.18 bits per heavy atom. The molecule has 1 unspecified atom stereocenters. The van der Waals surface area contributed by atoms with Crippen LogP contribution in [0.25, 0.3) is 0 Å². The minimum atomic E-state index is -3.36. The van der Waals surface area contributed by atoms with Gasteiger partial charge in [0, 0.05) is 25.3 Å². The van der Waals surface area contributed by atoms with Crippen LogP contribution >= 0.6 is 0 Å². The van der Waals surface area contributed by atoms with Crippen molar-refractivity contribution in [2.45, 2.75) is 57.4 Å². The molecule has 0 spiro atoms. The summed E-state index contributed by atoms with van der Waals surface area (Å²) in [4.78, 5) is 4.55. The van der Waals surface area contributed by atoms with E-state index < -0.39 is 10.0 Å². The van der Waals surface area contributed by atoms with Crippen LogP contribution in [0.5, 0.6) is 0 Å². The molecule has 1 aromatic rings. The van der Waals surface area contributed by atoms with Gasteiger partial charge in [0.2, 0.25) is 10.0 Å². The summed E-state index contributed by atoms with van der Waals surface area (Å²) in [7, 11) is -3.36. The van der Waals surface area contributed by atoms with Crippen LogP contribution in [0.2, 0.25) is 0 Å². The average molecular weight is 325 g/mol. The lowest BCUT2D eigenvalue weighted by Crippen LogP contribution is -2.28. The highest BCUT2D eigenvalue weighted by molar-refractivity contribution is 7.89. The molecule has 1 aromatic heterocycles. The van der Waals surface area contributed by atoms with E-state index in [1.54, 1.807) is 16.4 Å². The van der Waals surface area contributed by atoms with Crippen molar-refractivity contribution in [3.63, 3.8) is 0 Å². The average Bonchev–Trinajstić information content (AvgIpc) is 3.00. The lowest BCUT2D eigenvalue weighted by atomic mass is 10.0. The maximum absolute atomic E-state index is 12.4. The SMILES string of the molecule is CC(C)CCC(C)Nc1ccc(S(=O)(=O)N2CCCC2)cn1. The van der Waals surface area contributed by atoms with Crippen LogP contribution in [0.1, 0.15) is 46.5 Å². The fraction of sp³-hybridized carbons (Fsp3) is 0.688. The van der Waals surface area contributed by atoms with Gasteiger partial charge in [-0.25, -0.2) is 13.4 Å². The summed E-state index contributed by atoms with van der Waals surface area (Å²) >= 11 is 0. The molecule has 1 aliphatic rings. The first kappa shape index (κ1) is 17.2. The number of nitrogens with zero attached hydrogens (tertiary/aromatic N) is 2. The molecule has 2 rings (SSSR count). The third-order valence-electron chi connectivity index (χ3n) is 4.01. The maximum atomic E-state index is 12.4. The Bertz CT molecular complexity index is 564. The van der Waals surface area contributed by atoms with E-state index in [0.717, 1.165) is 31.5 Å². The van der Waals surface area contributed by atoms with Crippen molar-refractivity contribution in [2.75, 3.05) is 18.4 Å². The molecule has 0 radical (unpaired) electrons. The van der Waals surface area contributed by atoms with Crippen molar-refractivity contribution in [3.8, 4) is 0 Å². The Kier molecular flexibility index (Phi) is 5.81. The molecule has 6 heteroatoms. The predicted octanol–water partition coefficient (Wildman–Crippen LogP) is 3.10. The molecule has 22 heavy (non-hydrogen) atoms. The van der Waals surface area contributed by atoms with E-state index in [9.17, 15) is 8.42 Å². The first-order valence-corrected chi connectivity index (χ1v) is 9.56. The predicted molar refractivity (Wildman–Crippen MR) is 89.4 cm³/mol. The van der Waals surface area contributed by atoms with E-state index in [2.05, 4.69) is 31.1 Å². The smallest absolute Gasteiger partial charge is 0.244 e. The summed E-state index contributed by atoms with van der Waals surface area (Å²) in [6, 6.07) is 3.74. The first-order chi connectivity index (χ1) is 10.4. The Hall–Kier alpha value is -1.14. The lowest BCUT2D eigenvalue weighted by Gasteiger charge is -2.17. The monoisotopic (exact) mass is 325 g/mol. The van der Waals surface area contributed by atoms with E-state index >= 15 is 0 Å². The molecule has 1 aliphatic heterocycles. The highest BCUT2D eigenvalue weighted by atomic mass is 32.2. The van der Waals surface area contributed by atoms with Gasteiger partial charge in [0.25, 0.3) is 0 Å². The van der Waals surface area contributed by atoms with E-state index in [1.807, 2.05) is 0 Å². The Morgan fingerprint density at radius 3 is 2.41 bits per heavy atom. The molecular formula is C16H27N3O2S. The van der Waals surface area contributed by atoms with Crippen molar-refractivity contribution in [1.29, 1.82) is 0 Å². The van der Waals surface area contributed by atoms with Crippen LogP contribution in [0.4, 0.5) is 5.82 Å². The molecule has 5 nitrogen and oxygen atoms in total. The zero-order valence-electron chi connectivity index (χ0n) is 13.7. The fourth-order valence-electron chi connectivity index (χ4n) is 2.60. The van der Waals surface area contributed by atoms with Crippen LogP contribution in [0.15, 0.2) is 23.2 Å². The third-order valence-corrected chi connectivity index (χ3v) is 5.89. The van der Waals surface area contributed by atoms with Gasteiger partial charge in [0.1, 0.15) is 10.7 Å². The van der Waals surface area contributed by atoms with Crippen LogP contribution < -0.4 is 5.32 Å². The molecule has 1 atom stereocenters. The largest absolute Gasteiger partial charge is 0.368 e. The fourth-order valence-corrected chi connectivity index (χ4v) is 4.07. The summed E-state index contributed by atoms with van der Waals surface area (Å²) < 4.78 is 26.4. The summed E-state index contributed by atoms with van der Waals surface area (Å²) in [5.41, 5.74) is 0. The molecule has 0 aliphatic carbocycles. The molecular weight excluding hydrogens is 298 g/mol. The molecule has 1 fully saturated rings. The molecule has 1 N–H and O–H groups in total. The highest BCUT2D eigenvalue weighted by Crippen LogP contribution is 2.21. The number of sulfonamides is 1. The van der Waals surface area contributed by atoms with Crippen LogP contribution in [-0.4, -0.2) is 36.8 Å². The molecule has 2 heterocycles. The van der Waals surface area contributed by atoms with Crippen molar-refractivity contribution in [2.24, 2.45) is 5.92 Å². The Morgan fingerprint density at radius 2 is 1.86 bits per heavy atom. The number of hydrogen-bond acceptors (Lipinski definition) is 4. The molecule has 0 aromatic carbocycles. The standard InChI is InChI=1S/C16H27N3O2S/c1-13(2)6-7-14(3)18-16-9-8-15(12-17-16)22(20,21)19-10-4-5-11-19/h8-9,12-14H,4-7,10-11H2,1-3H3,(H,17,18). The van der Waals surface area contributed by atoms with E-state index in [-0.39, 0.29) is 4.90 Å². The van der Waals surface area contributed by atoms with Crippen molar-refractivity contribution in [1.82, 2.24) is 9.29 Å². The lowest BCUT2D eigenvalue weighted by molar-refractivity contribution is 0.477. The quantitative estimate of drug-likeness (QED) is 0.837. The van der Waals surface area contributed by atoms with Crippen molar-refractivity contribution < 1.29 is 8.42 Å². The molecule has 0 bridgehead atoms. The maximum Gasteiger partial charge on any atom is 0.244 e. The minimum absolute atomic E-state index is 0.287. The van der Waals surface area contributed by atoms with Crippen LogP contribution in [0.3, 0.4) is 0 Å². The number of nitrogens with one attached hydrogen (secondary N) is 1. The second-order valence-electron chi connectivity index (χ2n) is 6.51. The molecule has 124 valence electrons. The van der Waals surface area contributed by atoms with Gasteiger partial charge in [0.15, 0.2) is 0 Å². The zero-order chi connectivity index (χ0) is 16.2. The van der Waals surface area contributed by atoms with Crippen LogP contribution in [-0.2, 0) is 10.0 Å². The van der Waals surface area contributed by atoms with Gasteiger partial charge in [-0.2, -0.15) is 4.31 Å². The summed E-state index contributed by atoms with van der Waals surface area (Å²) in [6.45, 7) is 7.79. The second kappa shape index (κ2) is 7.42. The number of pyridine rings is 1. The number of aromatic nitrogens is 1. The van der Waals surface area contributed by atoms with Crippen molar-refractivity contribution >= 4 is 15.8 Å². The molecule has 0 saturated carbocycles. The number of anilines is 1. The van der Waals surface area contributed by atoms with Gasteiger partial charge in [-0.3, -0.25) is 0 Å². The first-order valence-electron chi connectivity index (χ1n) is 8.12. The van der Waals surface area contributed by atoms with Crippen LogP contribution in [0, 0.1) is 5.92 Å². The summed E-state index contributed by atoms with van der Waals surface area (Å²) in [5.74, 6) is 1.42. The highest BCUT2D eigenvalue weighted by Gasteiger charge is 2.27. The van der Waals surface area contributed by atoms with Crippen molar-refractivity contribution in [3.05, 3.63) is 18.3 Å². The molecule has 0 amide bonds. The van der Waals surface area contributed by atoms with Gasteiger partial charge < -0.3 is 5.32 Å². The van der Waals surface area contributed by atoms with E-state index in [4.69, 9.17) is 0 Å². The Labute approximate surface area is 134 Å². The van der Waals surface area contributed by atoms with E-state index in [1.165, 1.54) is 6.20 Å². The zero-order valence-corrected chi connectivity index (χ0v) is 14.6. The minimum Gasteiger partial charge on any atom is -0.368 e. The van der Waals surface area contributed by atoms with Gasteiger partial charge in [-0.1, -0.05) is 13.8 Å². The Balaban J connectivity index is 1.98. The van der Waals surface area contributed by atoms with Gasteiger partial charge >= 0.3 is 0 Å².